The molecule has 0 aliphatic carbocycles. The highest BCUT2D eigenvalue weighted by atomic mass is 16.5. The lowest BCUT2D eigenvalue weighted by Crippen LogP contribution is -2.33. The molecule has 1 N–H and O–H groups in total. The van der Waals surface area contributed by atoms with E-state index in [0.29, 0.717) is 12.1 Å². The third kappa shape index (κ3) is 4.27. The Bertz CT molecular complexity index is 350. The molecular formula is C14H23NO2. The summed E-state index contributed by atoms with van der Waals surface area (Å²) in [5, 5.41) is 3.48. The molecule has 0 aromatic heterocycles. The maximum Gasteiger partial charge on any atom is 0.125 e. The number of benzene rings is 1. The van der Waals surface area contributed by atoms with Crippen molar-refractivity contribution in [1.29, 1.82) is 0 Å². The average Bonchev–Trinajstić information content (AvgIpc) is 2.28. The van der Waals surface area contributed by atoms with Gasteiger partial charge in [-0.3, -0.25) is 0 Å². The van der Waals surface area contributed by atoms with Crippen LogP contribution in [-0.4, -0.2) is 26.3 Å². The molecule has 0 saturated heterocycles. The molecule has 0 fully saturated rings. The number of hydrogen-bond acceptors (Lipinski definition) is 3. The van der Waals surface area contributed by atoms with E-state index in [1.54, 1.807) is 14.2 Å². The minimum absolute atomic E-state index is 0.428. The zero-order valence-electron chi connectivity index (χ0n) is 11.4. The molecule has 0 amide bonds. The first-order chi connectivity index (χ1) is 8.06. The largest absolute Gasteiger partial charge is 0.497 e. The maximum atomic E-state index is 5.39. The fourth-order valence-corrected chi connectivity index (χ4v) is 1.98. The molecule has 0 aliphatic rings. The van der Waals surface area contributed by atoms with Gasteiger partial charge in [0, 0.05) is 18.2 Å². The topological polar surface area (TPSA) is 30.5 Å². The van der Waals surface area contributed by atoms with E-state index in [-0.39, 0.29) is 0 Å². The van der Waals surface area contributed by atoms with E-state index >= 15 is 0 Å². The lowest BCUT2D eigenvalue weighted by molar-refractivity contribution is 0.387. The Morgan fingerprint density at radius 2 is 1.82 bits per heavy atom. The molecule has 1 aromatic rings. The van der Waals surface area contributed by atoms with Gasteiger partial charge in [0.1, 0.15) is 11.5 Å². The van der Waals surface area contributed by atoms with Crippen LogP contribution >= 0.6 is 0 Å². The van der Waals surface area contributed by atoms with Gasteiger partial charge in [0.05, 0.1) is 14.2 Å². The first-order valence-electron chi connectivity index (χ1n) is 6.03. The number of ether oxygens (including phenoxy) is 2. The zero-order chi connectivity index (χ0) is 12.8. The van der Waals surface area contributed by atoms with Crippen LogP contribution in [0, 0.1) is 0 Å². The zero-order valence-corrected chi connectivity index (χ0v) is 11.4. The molecule has 1 rings (SSSR count). The molecule has 0 radical (unpaired) electrons. The Morgan fingerprint density at radius 1 is 1.12 bits per heavy atom. The van der Waals surface area contributed by atoms with E-state index in [1.807, 2.05) is 12.1 Å². The van der Waals surface area contributed by atoms with Crippen molar-refractivity contribution in [2.75, 3.05) is 14.2 Å². The van der Waals surface area contributed by atoms with Crippen molar-refractivity contribution < 1.29 is 9.47 Å². The van der Waals surface area contributed by atoms with Gasteiger partial charge in [-0.25, -0.2) is 0 Å². The minimum atomic E-state index is 0.428. The lowest BCUT2D eigenvalue weighted by Gasteiger charge is -2.18. The second kappa shape index (κ2) is 6.50. The second-order valence-corrected chi connectivity index (χ2v) is 4.60. The van der Waals surface area contributed by atoms with E-state index in [0.717, 1.165) is 17.9 Å². The molecule has 17 heavy (non-hydrogen) atoms. The smallest absolute Gasteiger partial charge is 0.125 e. The number of hydrogen-bond donors (Lipinski definition) is 1. The van der Waals surface area contributed by atoms with Crippen LogP contribution in [-0.2, 0) is 6.42 Å². The first-order valence-corrected chi connectivity index (χ1v) is 6.03. The van der Waals surface area contributed by atoms with Crippen molar-refractivity contribution in [2.45, 2.75) is 39.3 Å². The van der Waals surface area contributed by atoms with Crippen molar-refractivity contribution >= 4 is 0 Å². The Kier molecular flexibility index (Phi) is 5.29. The van der Waals surface area contributed by atoms with Crippen molar-refractivity contribution in [2.24, 2.45) is 0 Å². The Balaban J connectivity index is 2.76. The van der Waals surface area contributed by atoms with Crippen LogP contribution in [0.1, 0.15) is 26.3 Å². The SMILES string of the molecule is COc1ccc(CC(C)NC(C)C)c(OC)c1. The van der Waals surface area contributed by atoms with Crippen LogP contribution in [0.2, 0.25) is 0 Å². The predicted octanol–water partition coefficient (Wildman–Crippen LogP) is 2.63. The van der Waals surface area contributed by atoms with Gasteiger partial charge in [0.15, 0.2) is 0 Å². The maximum absolute atomic E-state index is 5.39. The van der Waals surface area contributed by atoms with Gasteiger partial charge in [-0.05, 0) is 25.0 Å². The van der Waals surface area contributed by atoms with Gasteiger partial charge in [-0.15, -0.1) is 0 Å². The van der Waals surface area contributed by atoms with E-state index < -0.39 is 0 Å². The van der Waals surface area contributed by atoms with Crippen LogP contribution < -0.4 is 14.8 Å². The highest BCUT2D eigenvalue weighted by molar-refractivity contribution is 5.41. The summed E-state index contributed by atoms with van der Waals surface area (Å²) in [4.78, 5) is 0. The monoisotopic (exact) mass is 237 g/mol. The van der Waals surface area contributed by atoms with Crippen LogP contribution in [0.15, 0.2) is 18.2 Å². The molecule has 0 bridgehead atoms. The molecule has 1 atom stereocenters. The summed E-state index contributed by atoms with van der Waals surface area (Å²) in [6.45, 7) is 6.49. The van der Waals surface area contributed by atoms with Gasteiger partial charge in [-0.1, -0.05) is 19.9 Å². The standard InChI is InChI=1S/C14H23NO2/c1-10(2)15-11(3)8-12-6-7-13(16-4)9-14(12)17-5/h6-7,9-11,15H,8H2,1-5H3. The third-order valence-electron chi connectivity index (χ3n) is 2.64. The van der Waals surface area contributed by atoms with Gasteiger partial charge >= 0.3 is 0 Å². The second-order valence-electron chi connectivity index (χ2n) is 4.60. The van der Waals surface area contributed by atoms with Gasteiger partial charge in [0.25, 0.3) is 0 Å². The summed E-state index contributed by atoms with van der Waals surface area (Å²) < 4.78 is 10.6. The summed E-state index contributed by atoms with van der Waals surface area (Å²) in [6.07, 6.45) is 0.950. The molecule has 0 heterocycles. The van der Waals surface area contributed by atoms with Crippen molar-refractivity contribution in [1.82, 2.24) is 5.32 Å². The molecule has 96 valence electrons. The van der Waals surface area contributed by atoms with E-state index in [9.17, 15) is 0 Å². The van der Waals surface area contributed by atoms with Gasteiger partial charge in [0.2, 0.25) is 0 Å². The normalized spacial score (nSPS) is 12.6. The molecular weight excluding hydrogens is 214 g/mol. The van der Waals surface area contributed by atoms with Crippen LogP contribution in [0.5, 0.6) is 11.5 Å². The number of methoxy groups -OCH3 is 2. The number of nitrogens with one attached hydrogen (secondary N) is 1. The Morgan fingerprint density at radius 3 is 2.35 bits per heavy atom. The lowest BCUT2D eigenvalue weighted by atomic mass is 10.1. The predicted molar refractivity (Wildman–Crippen MR) is 71.0 cm³/mol. The molecule has 0 saturated carbocycles. The van der Waals surface area contributed by atoms with Gasteiger partial charge in [-0.2, -0.15) is 0 Å². The molecule has 0 aliphatic heterocycles. The minimum Gasteiger partial charge on any atom is -0.497 e. The third-order valence-corrected chi connectivity index (χ3v) is 2.64. The highest BCUT2D eigenvalue weighted by Crippen LogP contribution is 2.25. The van der Waals surface area contributed by atoms with Crippen LogP contribution in [0.3, 0.4) is 0 Å². The highest BCUT2D eigenvalue weighted by Gasteiger charge is 2.10. The van der Waals surface area contributed by atoms with E-state index in [2.05, 4.69) is 32.2 Å². The Labute approximate surface area is 104 Å². The summed E-state index contributed by atoms with van der Waals surface area (Å²) in [5.74, 6) is 1.72. The quantitative estimate of drug-likeness (QED) is 0.825. The average molecular weight is 237 g/mol. The summed E-state index contributed by atoms with van der Waals surface area (Å²) in [6, 6.07) is 6.89. The Hall–Kier alpha value is -1.22. The fourth-order valence-electron chi connectivity index (χ4n) is 1.98. The summed E-state index contributed by atoms with van der Waals surface area (Å²) in [5.41, 5.74) is 1.20. The van der Waals surface area contributed by atoms with E-state index in [1.165, 1.54) is 5.56 Å². The van der Waals surface area contributed by atoms with Crippen molar-refractivity contribution in [3.63, 3.8) is 0 Å². The molecule has 1 unspecified atom stereocenters. The number of rotatable bonds is 6. The van der Waals surface area contributed by atoms with Gasteiger partial charge < -0.3 is 14.8 Å². The van der Waals surface area contributed by atoms with E-state index in [4.69, 9.17) is 9.47 Å². The molecule has 1 aromatic carbocycles. The molecule has 3 nitrogen and oxygen atoms in total. The van der Waals surface area contributed by atoms with Crippen molar-refractivity contribution in [3.8, 4) is 11.5 Å². The summed E-state index contributed by atoms with van der Waals surface area (Å²) in [7, 11) is 3.36. The van der Waals surface area contributed by atoms with Crippen LogP contribution in [0.25, 0.3) is 0 Å². The molecule has 3 heteroatoms. The fraction of sp³-hybridized carbons (Fsp3) is 0.571. The van der Waals surface area contributed by atoms with Crippen LogP contribution in [0.4, 0.5) is 0 Å². The van der Waals surface area contributed by atoms with Crippen molar-refractivity contribution in [3.05, 3.63) is 23.8 Å². The summed E-state index contributed by atoms with van der Waals surface area (Å²) >= 11 is 0. The molecule has 0 spiro atoms. The first kappa shape index (κ1) is 13.8.